The van der Waals surface area contributed by atoms with E-state index in [1.807, 2.05) is 0 Å². The minimum absolute atomic E-state index is 0. The Morgan fingerprint density at radius 3 is 1.83 bits per heavy atom. The maximum Gasteiger partial charge on any atom is 0.281 e. The van der Waals surface area contributed by atoms with Gasteiger partial charge in [0.2, 0.25) is 0 Å². The van der Waals surface area contributed by atoms with Gasteiger partial charge in [-0.15, -0.1) is 12.4 Å². The van der Waals surface area contributed by atoms with Crippen molar-refractivity contribution in [3.8, 4) is 0 Å². The van der Waals surface area contributed by atoms with Crippen molar-refractivity contribution in [2.24, 2.45) is 11.8 Å². The molecule has 5 nitrogen and oxygen atoms in total. The molecule has 140 valence electrons. The van der Waals surface area contributed by atoms with E-state index in [2.05, 4.69) is 33.0 Å². The Balaban J connectivity index is 0.00000484. The number of nitrogens with zero attached hydrogens (tertiary/aromatic N) is 2. The predicted octanol–water partition coefficient (Wildman–Crippen LogP) is 2.73. The molecule has 0 aromatic heterocycles. The Morgan fingerprint density at radius 2 is 1.43 bits per heavy atom. The summed E-state index contributed by atoms with van der Waals surface area (Å²) in [5, 5.41) is 3.30. The van der Waals surface area contributed by atoms with E-state index in [0.717, 1.165) is 38.8 Å². The van der Waals surface area contributed by atoms with Crippen LogP contribution in [0.1, 0.15) is 53.4 Å². The van der Waals surface area contributed by atoms with Crippen LogP contribution in [0.5, 0.6) is 0 Å². The second kappa shape index (κ2) is 10.9. The summed E-state index contributed by atoms with van der Waals surface area (Å²) >= 11 is 0. The first-order valence-corrected chi connectivity index (χ1v) is 10.1. The van der Waals surface area contributed by atoms with Gasteiger partial charge in [-0.3, -0.25) is 0 Å². The summed E-state index contributed by atoms with van der Waals surface area (Å²) in [6.07, 6.45) is 3.63. The fraction of sp³-hybridized carbons (Fsp3) is 1.00. The minimum Gasteiger partial charge on any atom is -0.317 e. The number of hydrogen-bond acceptors (Lipinski definition) is 3. The van der Waals surface area contributed by atoms with Crippen LogP contribution in [0.15, 0.2) is 0 Å². The van der Waals surface area contributed by atoms with Crippen molar-refractivity contribution < 1.29 is 8.42 Å². The Hall–Kier alpha value is 0.120. The minimum atomic E-state index is -3.35. The number of rotatable bonds is 9. The van der Waals surface area contributed by atoms with Gasteiger partial charge in [-0.2, -0.15) is 17.0 Å². The molecule has 1 aliphatic rings. The molecule has 0 aromatic rings. The van der Waals surface area contributed by atoms with Crippen LogP contribution in [0, 0.1) is 11.8 Å². The number of hydrogen-bond donors (Lipinski definition) is 1. The Morgan fingerprint density at radius 1 is 1.00 bits per heavy atom. The lowest BCUT2D eigenvalue weighted by molar-refractivity contribution is 0.263. The summed E-state index contributed by atoms with van der Waals surface area (Å²) in [6.45, 7) is 11.6. The highest BCUT2D eigenvalue weighted by atomic mass is 35.5. The van der Waals surface area contributed by atoms with Crippen LogP contribution in [0.3, 0.4) is 0 Å². The van der Waals surface area contributed by atoms with Gasteiger partial charge in [-0.25, -0.2) is 0 Å². The molecule has 1 saturated heterocycles. The topological polar surface area (TPSA) is 52.7 Å². The van der Waals surface area contributed by atoms with Gasteiger partial charge in [-0.05, 0) is 50.6 Å². The van der Waals surface area contributed by atoms with Crippen LogP contribution in [0.2, 0.25) is 0 Å². The highest BCUT2D eigenvalue weighted by Crippen LogP contribution is 2.19. The molecular weight excluding hydrogens is 334 g/mol. The lowest BCUT2D eigenvalue weighted by Gasteiger charge is -2.35. The molecule has 1 N–H and O–H groups in total. The molecule has 0 radical (unpaired) electrons. The van der Waals surface area contributed by atoms with E-state index >= 15 is 0 Å². The first-order chi connectivity index (χ1) is 10.2. The first-order valence-electron chi connectivity index (χ1n) is 8.69. The maximum atomic E-state index is 13.0. The van der Waals surface area contributed by atoms with E-state index in [4.69, 9.17) is 0 Å². The van der Waals surface area contributed by atoms with Crippen LogP contribution >= 0.6 is 12.4 Å². The van der Waals surface area contributed by atoms with Crippen LogP contribution in [0.25, 0.3) is 0 Å². The van der Waals surface area contributed by atoms with E-state index in [1.54, 1.807) is 15.7 Å². The Bertz CT molecular complexity index is 398. The molecule has 0 unspecified atom stereocenters. The van der Waals surface area contributed by atoms with Gasteiger partial charge in [0.15, 0.2) is 0 Å². The van der Waals surface area contributed by atoms with Crippen molar-refractivity contribution in [3.63, 3.8) is 0 Å². The molecule has 1 heterocycles. The Kier molecular flexibility index (Phi) is 10.9. The summed E-state index contributed by atoms with van der Waals surface area (Å²) in [4.78, 5) is 0. The van der Waals surface area contributed by atoms with Crippen LogP contribution in [0.4, 0.5) is 0 Å². The fourth-order valence-corrected chi connectivity index (χ4v) is 4.31. The standard InChI is InChI=1S/C16H35N3O2S.ClH/c1-14(2)8-12-19(13-9-15(3)4)22(20,21)18(5)16-6-10-17-11-7-16;/h14-17H,6-13H2,1-5H3;1H. The van der Waals surface area contributed by atoms with E-state index in [0.29, 0.717) is 24.9 Å². The molecule has 0 amide bonds. The number of nitrogens with one attached hydrogen (secondary N) is 1. The van der Waals surface area contributed by atoms with Crippen molar-refractivity contribution in [1.29, 1.82) is 0 Å². The van der Waals surface area contributed by atoms with Gasteiger partial charge >= 0.3 is 0 Å². The third kappa shape index (κ3) is 7.69. The molecule has 0 spiro atoms. The van der Waals surface area contributed by atoms with E-state index in [-0.39, 0.29) is 18.4 Å². The summed E-state index contributed by atoms with van der Waals surface area (Å²) in [5.74, 6) is 1.03. The molecule has 23 heavy (non-hydrogen) atoms. The molecule has 1 fully saturated rings. The molecule has 1 aliphatic heterocycles. The summed E-state index contributed by atoms with van der Waals surface area (Å²) in [7, 11) is -1.60. The lowest BCUT2D eigenvalue weighted by Crippen LogP contribution is -2.50. The molecule has 1 rings (SSSR count). The predicted molar refractivity (Wildman–Crippen MR) is 100 cm³/mol. The van der Waals surface area contributed by atoms with Crippen molar-refractivity contribution in [3.05, 3.63) is 0 Å². The second-order valence-corrected chi connectivity index (χ2v) is 9.26. The molecule has 0 atom stereocenters. The van der Waals surface area contributed by atoms with Crippen LogP contribution in [-0.4, -0.2) is 56.3 Å². The second-order valence-electron chi connectivity index (χ2n) is 7.27. The largest absolute Gasteiger partial charge is 0.317 e. The van der Waals surface area contributed by atoms with E-state index < -0.39 is 10.2 Å². The van der Waals surface area contributed by atoms with Crippen molar-refractivity contribution in [1.82, 2.24) is 13.9 Å². The average molecular weight is 370 g/mol. The van der Waals surface area contributed by atoms with E-state index in [9.17, 15) is 8.42 Å². The maximum absolute atomic E-state index is 13.0. The molecule has 0 aromatic carbocycles. The van der Waals surface area contributed by atoms with Crippen LogP contribution < -0.4 is 5.32 Å². The van der Waals surface area contributed by atoms with Crippen molar-refractivity contribution >= 4 is 22.6 Å². The quantitative estimate of drug-likeness (QED) is 0.679. The van der Waals surface area contributed by atoms with Gasteiger partial charge < -0.3 is 5.32 Å². The smallest absolute Gasteiger partial charge is 0.281 e. The van der Waals surface area contributed by atoms with Gasteiger partial charge in [0.05, 0.1) is 0 Å². The Labute approximate surface area is 149 Å². The molecule has 0 saturated carbocycles. The molecule has 0 aliphatic carbocycles. The molecule has 7 heteroatoms. The van der Waals surface area contributed by atoms with Gasteiger partial charge in [0.1, 0.15) is 0 Å². The zero-order valence-corrected chi connectivity index (χ0v) is 17.0. The SMILES string of the molecule is CC(C)CCN(CCC(C)C)S(=O)(=O)N(C)C1CCNCC1.Cl. The van der Waals surface area contributed by atoms with Gasteiger partial charge in [0.25, 0.3) is 10.2 Å². The normalized spacial score (nSPS) is 17.3. The molecule has 0 bridgehead atoms. The monoisotopic (exact) mass is 369 g/mol. The fourth-order valence-electron chi connectivity index (χ4n) is 2.69. The number of piperidine rings is 1. The van der Waals surface area contributed by atoms with E-state index in [1.165, 1.54) is 0 Å². The third-order valence-electron chi connectivity index (χ3n) is 4.42. The summed E-state index contributed by atoms with van der Waals surface area (Å²) in [6, 6.07) is 0.131. The lowest BCUT2D eigenvalue weighted by atomic mass is 10.1. The third-order valence-corrected chi connectivity index (χ3v) is 6.47. The first kappa shape index (κ1) is 23.1. The van der Waals surface area contributed by atoms with Gasteiger partial charge in [-0.1, -0.05) is 27.7 Å². The highest BCUT2D eigenvalue weighted by Gasteiger charge is 2.32. The highest BCUT2D eigenvalue weighted by molar-refractivity contribution is 7.86. The van der Waals surface area contributed by atoms with Crippen molar-refractivity contribution in [2.45, 2.75) is 59.4 Å². The van der Waals surface area contributed by atoms with Crippen molar-refractivity contribution in [2.75, 3.05) is 33.2 Å². The number of halogens is 1. The average Bonchev–Trinajstić information content (AvgIpc) is 2.46. The van der Waals surface area contributed by atoms with Crippen LogP contribution in [-0.2, 0) is 10.2 Å². The zero-order valence-electron chi connectivity index (χ0n) is 15.4. The summed E-state index contributed by atoms with van der Waals surface area (Å²) < 4.78 is 29.3. The molecular formula is C16H36ClN3O2S. The van der Waals surface area contributed by atoms with Gasteiger partial charge in [0, 0.05) is 26.2 Å². The summed E-state index contributed by atoms with van der Waals surface area (Å²) in [5.41, 5.74) is 0. The zero-order chi connectivity index (χ0) is 16.8.